The van der Waals surface area contributed by atoms with E-state index >= 15 is 0 Å². The van der Waals surface area contributed by atoms with E-state index in [1.807, 2.05) is 23.1 Å². The number of carboxylic acids is 1. The van der Waals surface area contributed by atoms with E-state index in [-0.39, 0.29) is 31.3 Å². The standard InChI is InChI=1S/C23H24FNO4/c24-19-13-15(6-7-16(19)10-11-21(26)27)14-29-20-5-1-3-17-4-2-12-25(22(17)20)23(28)18-8-9-18/h1,3,5-7,13,18H,2,4,8-12,14H2,(H,26,27). The molecule has 2 aliphatic rings. The van der Waals surface area contributed by atoms with Gasteiger partial charge in [-0.05, 0) is 60.9 Å². The maximum absolute atomic E-state index is 14.3. The highest BCUT2D eigenvalue weighted by atomic mass is 19.1. The minimum absolute atomic E-state index is 0.103. The highest BCUT2D eigenvalue weighted by Gasteiger charge is 2.36. The van der Waals surface area contributed by atoms with Gasteiger partial charge in [-0.1, -0.05) is 24.3 Å². The maximum atomic E-state index is 14.3. The number of para-hydroxylation sites is 1. The van der Waals surface area contributed by atoms with Gasteiger partial charge in [-0.25, -0.2) is 4.39 Å². The number of aryl methyl sites for hydroxylation is 2. The van der Waals surface area contributed by atoms with Crippen molar-refractivity contribution in [1.29, 1.82) is 0 Å². The molecule has 1 fully saturated rings. The summed E-state index contributed by atoms with van der Waals surface area (Å²) in [6.45, 7) is 0.883. The van der Waals surface area contributed by atoms with Gasteiger partial charge in [0.05, 0.1) is 5.69 Å². The molecule has 2 aromatic carbocycles. The second kappa shape index (κ2) is 8.23. The molecule has 0 aromatic heterocycles. The van der Waals surface area contributed by atoms with Crippen LogP contribution in [0, 0.1) is 11.7 Å². The summed E-state index contributed by atoms with van der Waals surface area (Å²) in [6.07, 6.45) is 3.83. The number of anilines is 1. The molecule has 152 valence electrons. The fraction of sp³-hybridized carbons (Fsp3) is 0.391. The molecule has 0 spiro atoms. The first-order chi connectivity index (χ1) is 14.0. The smallest absolute Gasteiger partial charge is 0.303 e. The number of nitrogens with zero attached hydrogens (tertiary/aromatic N) is 1. The van der Waals surface area contributed by atoms with E-state index < -0.39 is 11.8 Å². The Kier molecular flexibility index (Phi) is 5.51. The number of rotatable bonds is 7. The van der Waals surface area contributed by atoms with Gasteiger partial charge in [0.25, 0.3) is 0 Å². The topological polar surface area (TPSA) is 66.8 Å². The van der Waals surface area contributed by atoms with Crippen LogP contribution in [0.2, 0.25) is 0 Å². The van der Waals surface area contributed by atoms with Crippen molar-refractivity contribution in [2.75, 3.05) is 11.4 Å². The fourth-order valence-electron chi connectivity index (χ4n) is 3.79. The van der Waals surface area contributed by atoms with E-state index in [1.165, 1.54) is 6.07 Å². The molecule has 1 aliphatic heterocycles. The van der Waals surface area contributed by atoms with Crippen LogP contribution in [0.25, 0.3) is 0 Å². The first-order valence-corrected chi connectivity index (χ1v) is 10.1. The molecule has 0 radical (unpaired) electrons. The number of carboxylic acid groups (broad SMARTS) is 1. The molecule has 1 N–H and O–H groups in total. The van der Waals surface area contributed by atoms with Crippen LogP contribution in [0.1, 0.15) is 42.4 Å². The highest BCUT2D eigenvalue weighted by Crippen LogP contribution is 2.40. The maximum Gasteiger partial charge on any atom is 0.303 e. The normalized spacial score (nSPS) is 15.7. The van der Waals surface area contributed by atoms with Crippen LogP contribution in [0.15, 0.2) is 36.4 Å². The van der Waals surface area contributed by atoms with Gasteiger partial charge in [-0.3, -0.25) is 9.59 Å². The lowest BCUT2D eigenvalue weighted by Gasteiger charge is -2.31. The third-order valence-corrected chi connectivity index (χ3v) is 5.49. The van der Waals surface area contributed by atoms with Crippen molar-refractivity contribution in [3.63, 3.8) is 0 Å². The molecule has 1 heterocycles. The average Bonchev–Trinajstić information content (AvgIpc) is 3.55. The molecule has 0 unspecified atom stereocenters. The van der Waals surface area contributed by atoms with Crippen molar-refractivity contribution in [1.82, 2.24) is 0 Å². The SMILES string of the molecule is O=C(O)CCc1ccc(COc2cccc3c2N(C(=O)C2CC2)CCC3)cc1F. The zero-order chi connectivity index (χ0) is 20.4. The Balaban J connectivity index is 1.50. The first-order valence-electron chi connectivity index (χ1n) is 10.1. The van der Waals surface area contributed by atoms with Crippen molar-refractivity contribution >= 4 is 17.6 Å². The van der Waals surface area contributed by atoms with Crippen LogP contribution in [-0.2, 0) is 29.0 Å². The molecule has 6 heteroatoms. The number of hydrogen-bond donors (Lipinski definition) is 1. The molecular weight excluding hydrogens is 373 g/mol. The zero-order valence-electron chi connectivity index (χ0n) is 16.2. The van der Waals surface area contributed by atoms with Crippen LogP contribution in [0.5, 0.6) is 5.75 Å². The fourth-order valence-corrected chi connectivity index (χ4v) is 3.79. The van der Waals surface area contributed by atoms with Gasteiger partial charge in [-0.15, -0.1) is 0 Å². The predicted molar refractivity (Wildman–Crippen MR) is 107 cm³/mol. The molecule has 5 nitrogen and oxygen atoms in total. The Labute approximate surface area is 169 Å². The Bertz CT molecular complexity index is 938. The first kappa shape index (κ1) is 19.4. The van der Waals surface area contributed by atoms with Gasteiger partial charge in [0.2, 0.25) is 5.91 Å². The Morgan fingerprint density at radius 2 is 2.03 bits per heavy atom. The number of amides is 1. The molecule has 1 saturated carbocycles. The number of benzene rings is 2. The highest BCUT2D eigenvalue weighted by molar-refractivity contribution is 5.99. The number of hydrogen-bond acceptors (Lipinski definition) is 3. The Morgan fingerprint density at radius 3 is 2.76 bits per heavy atom. The van der Waals surface area contributed by atoms with E-state index in [0.717, 1.165) is 36.9 Å². The van der Waals surface area contributed by atoms with Gasteiger partial charge in [0.1, 0.15) is 18.2 Å². The molecule has 0 bridgehead atoms. The van der Waals surface area contributed by atoms with Crippen molar-refractivity contribution < 1.29 is 23.8 Å². The van der Waals surface area contributed by atoms with Gasteiger partial charge >= 0.3 is 5.97 Å². The minimum atomic E-state index is -0.948. The summed E-state index contributed by atoms with van der Waals surface area (Å²) >= 11 is 0. The molecular formula is C23H24FNO4. The second-order valence-electron chi connectivity index (χ2n) is 7.74. The van der Waals surface area contributed by atoms with E-state index in [0.29, 0.717) is 23.4 Å². The number of halogens is 1. The molecule has 1 aliphatic carbocycles. The number of carbonyl (C=O) groups is 2. The summed E-state index contributed by atoms with van der Waals surface area (Å²) in [4.78, 5) is 25.3. The van der Waals surface area contributed by atoms with Crippen LogP contribution < -0.4 is 9.64 Å². The average molecular weight is 397 g/mol. The van der Waals surface area contributed by atoms with E-state index in [4.69, 9.17) is 9.84 Å². The Morgan fingerprint density at radius 1 is 1.21 bits per heavy atom. The van der Waals surface area contributed by atoms with Crippen molar-refractivity contribution in [3.8, 4) is 5.75 Å². The Hall–Kier alpha value is -2.89. The largest absolute Gasteiger partial charge is 0.487 e. The molecule has 0 saturated heterocycles. The third-order valence-electron chi connectivity index (χ3n) is 5.49. The summed E-state index contributed by atoms with van der Waals surface area (Å²) in [5, 5.41) is 8.76. The summed E-state index contributed by atoms with van der Waals surface area (Å²) in [5.41, 5.74) is 3.01. The van der Waals surface area contributed by atoms with Crippen LogP contribution >= 0.6 is 0 Å². The minimum Gasteiger partial charge on any atom is -0.487 e. The zero-order valence-corrected chi connectivity index (χ0v) is 16.2. The summed E-state index contributed by atoms with van der Waals surface area (Å²) in [5.74, 6) is -0.409. The summed E-state index contributed by atoms with van der Waals surface area (Å²) in [7, 11) is 0. The van der Waals surface area contributed by atoms with Crippen LogP contribution in [0.4, 0.5) is 10.1 Å². The van der Waals surface area contributed by atoms with Gasteiger partial charge < -0.3 is 14.7 Å². The van der Waals surface area contributed by atoms with Crippen LogP contribution in [-0.4, -0.2) is 23.5 Å². The predicted octanol–water partition coefficient (Wildman–Crippen LogP) is 4.11. The van der Waals surface area contributed by atoms with Gasteiger partial charge in [0, 0.05) is 18.9 Å². The molecule has 1 amide bonds. The molecule has 2 aromatic rings. The number of ether oxygens (including phenoxy) is 1. The van der Waals surface area contributed by atoms with Gasteiger partial charge in [0.15, 0.2) is 0 Å². The van der Waals surface area contributed by atoms with Crippen molar-refractivity contribution in [3.05, 3.63) is 58.9 Å². The molecule has 0 atom stereocenters. The number of fused-ring (bicyclic) bond motifs is 1. The van der Waals surface area contributed by atoms with Crippen LogP contribution in [0.3, 0.4) is 0 Å². The van der Waals surface area contributed by atoms with Crippen molar-refractivity contribution in [2.24, 2.45) is 5.92 Å². The molecule has 4 rings (SSSR count). The monoisotopic (exact) mass is 397 g/mol. The third kappa shape index (κ3) is 4.42. The van der Waals surface area contributed by atoms with Crippen molar-refractivity contribution in [2.45, 2.75) is 45.1 Å². The molecule has 29 heavy (non-hydrogen) atoms. The summed E-state index contributed by atoms with van der Waals surface area (Å²) in [6, 6.07) is 10.6. The summed E-state index contributed by atoms with van der Waals surface area (Å²) < 4.78 is 20.3. The number of carbonyl (C=O) groups excluding carboxylic acids is 1. The lowest BCUT2D eigenvalue weighted by molar-refractivity contribution is -0.137. The van der Waals surface area contributed by atoms with E-state index in [9.17, 15) is 14.0 Å². The quantitative estimate of drug-likeness (QED) is 0.764. The van der Waals surface area contributed by atoms with Gasteiger partial charge in [-0.2, -0.15) is 0 Å². The second-order valence-corrected chi connectivity index (χ2v) is 7.74. The number of aliphatic carboxylic acids is 1. The lowest BCUT2D eigenvalue weighted by Crippen LogP contribution is -2.36. The van der Waals surface area contributed by atoms with E-state index in [2.05, 4.69) is 0 Å². The lowest BCUT2D eigenvalue weighted by atomic mass is 10.0. The van der Waals surface area contributed by atoms with E-state index in [1.54, 1.807) is 12.1 Å².